The smallest absolute Gasteiger partial charge is 0.326 e. The number of fused-ring (bicyclic) bond motifs is 2. The van der Waals surface area contributed by atoms with Crippen molar-refractivity contribution >= 4 is 28.4 Å². The summed E-state index contributed by atoms with van der Waals surface area (Å²) in [5, 5.41) is 23.3. The van der Waals surface area contributed by atoms with E-state index in [1.807, 2.05) is 0 Å². The lowest BCUT2D eigenvalue weighted by molar-refractivity contribution is -0.140. The summed E-state index contributed by atoms with van der Waals surface area (Å²) in [7, 11) is 0. The Morgan fingerprint density at radius 1 is 1.15 bits per heavy atom. The monoisotopic (exact) mass is 476 g/mol. The molecule has 2 aromatic carbocycles. The van der Waals surface area contributed by atoms with E-state index in [9.17, 15) is 26.7 Å². The van der Waals surface area contributed by atoms with Gasteiger partial charge in [0.25, 0.3) is 5.91 Å². The van der Waals surface area contributed by atoms with E-state index >= 15 is 0 Å². The molecule has 3 heterocycles. The molecule has 1 atom stereocenters. The van der Waals surface area contributed by atoms with Crippen molar-refractivity contribution in [1.82, 2.24) is 30.4 Å². The van der Waals surface area contributed by atoms with Gasteiger partial charge in [-0.3, -0.25) is 9.89 Å². The lowest BCUT2D eigenvalue weighted by Crippen LogP contribution is -2.32. The molecule has 0 saturated heterocycles. The van der Waals surface area contributed by atoms with Crippen LogP contribution in [0.3, 0.4) is 0 Å². The summed E-state index contributed by atoms with van der Waals surface area (Å²) in [5.74, 6) is -2.97. The maximum atomic E-state index is 14.6. The summed E-state index contributed by atoms with van der Waals surface area (Å²) in [6.45, 7) is 1.51. The van der Waals surface area contributed by atoms with Crippen LogP contribution < -0.4 is 10.6 Å². The molecule has 14 heteroatoms. The van der Waals surface area contributed by atoms with E-state index in [1.165, 1.54) is 19.2 Å². The first-order valence-electron chi connectivity index (χ1n) is 9.70. The second-order valence-electron chi connectivity index (χ2n) is 7.49. The summed E-state index contributed by atoms with van der Waals surface area (Å²) in [6.07, 6.45) is -3.45. The van der Waals surface area contributed by atoms with Crippen molar-refractivity contribution in [2.45, 2.75) is 19.1 Å². The number of allylic oxidation sites excluding steroid dienone is 1. The molecule has 1 aliphatic rings. The summed E-state index contributed by atoms with van der Waals surface area (Å²) < 4.78 is 69.2. The fourth-order valence-corrected chi connectivity index (χ4v) is 3.80. The third kappa shape index (κ3) is 3.52. The number of rotatable bonds is 3. The van der Waals surface area contributed by atoms with Crippen LogP contribution in [0.2, 0.25) is 0 Å². The molecule has 1 amide bonds. The van der Waals surface area contributed by atoms with E-state index < -0.39 is 35.3 Å². The van der Waals surface area contributed by atoms with Crippen molar-refractivity contribution < 1.29 is 26.7 Å². The molecule has 0 saturated carbocycles. The molecule has 2 aromatic heterocycles. The minimum Gasteiger partial charge on any atom is -0.326 e. The normalized spacial score (nSPS) is 15.9. The third-order valence-electron chi connectivity index (χ3n) is 5.35. The number of anilines is 2. The highest BCUT2D eigenvalue weighted by Gasteiger charge is 2.37. The lowest BCUT2D eigenvalue weighted by atomic mass is 9.94. The molecule has 5 rings (SSSR count). The van der Waals surface area contributed by atoms with Crippen LogP contribution in [0.15, 0.2) is 47.8 Å². The number of hydrogen-bond donors (Lipinski definition) is 3. The number of amides is 1. The van der Waals surface area contributed by atoms with Crippen LogP contribution in [0.25, 0.3) is 10.9 Å². The van der Waals surface area contributed by atoms with Crippen LogP contribution in [-0.4, -0.2) is 36.3 Å². The van der Waals surface area contributed by atoms with E-state index in [0.29, 0.717) is 23.0 Å². The van der Waals surface area contributed by atoms with Gasteiger partial charge in [-0.2, -0.15) is 23.0 Å². The maximum absolute atomic E-state index is 14.6. The Hall–Kier alpha value is -4.36. The molecule has 4 aromatic rings. The summed E-state index contributed by atoms with van der Waals surface area (Å²) in [4.78, 5) is 13.3. The largest absolute Gasteiger partial charge is 0.419 e. The fourth-order valence-electron chi connectivity index (χ4n) is 3.80. The van der Waals surface area contributed by atoms with E-state index in [0.717, 1.165) is 16.8 Å². The second kappa shape index (κ2) is 7.60. The van der Waals surface area contributed by atoms with Gasteiger partial charge in [-0.1, -0.05) is 11.2 Å². The van der Waals surface area contributed by atoms with Crippen molar-refractivity contribution in [3.63, 3.8) is 0 Å². The number of benzene rings is 2. The average Bonchev–Trinajstić information content (AvgIpc) is 3.40. The number of carbonyl (C=O) groups is 1. The zero-order valence-electron chi connectivity index (χ0n) is 17.1. The molecule has 0 bridgehead atoms. The van der Waals surface area contributed by atoms with E-state index in [-0.39, 0.29) is 28.5 Å². The van der Waals surface area contributed by atoms with Gasteiger partial charge in [0.05, 0.1) is 28.5 Å². The average molecular weight is 476 g/mol. The van der Waals surface area contributed by atoms with Crippen LogP contribution >= 0.6 is 0 Å². The third-order valence-corrected chi connectivity index (χ3v) is 5.35. The molecule has 1 aliphatic heterocycles. The Balaban J connectivity index is 1.57. The molecule has 1 unspecified atom stereocenters. The number of carbonyl (C=O) groups excluding carboxylic acids is 1. The summed E-state index contributed by atoms with van der Waals surface area (Å²) in [5.41, 5.74) is -1.01. The van der Waals surface area contributed by atoms with Crippen molar-refractivity contribution in [2.24, 2.45) is 0 Å². The van der Waals surface area contributed by atoms with E-state index in [2.05, 4.69) is 36.4 Å². The standard InChI is InChI=1S/C20H13F5N8O/c1-8-16(18(34)28-15-5-10-7-26-29-14(10)6-13(15)22)17(33-19(27-8)30-31-32-33)9-2-3-11(12(21)4-9)20(23,24)25/h2-7,17H,1H3,(H,26,29)(H,28,34)(H,27,30,32). The van der Waals surface area contributed by atoms with Gasteiger partial charge in [0.1, 0.15) is 17.7 Å². The van der Waals surface area contributed by atoms with Crippen LogP contribution in [0.5, 0.6) is 0 Å². The van der Waals surface area contributed by atoms with Gasteiger partial charge in [-0.05, 0) is 41.1 Å². The minimum absolute atomic E-state index is 0.0178. The van der Waals surface area contributed by atoms with E-state index in [1.54, 1.807) is 0 Å². The Morgan fingerprint density at radius 3 is 2.68 bits per heavy atom. The zero-order chi connectivity index (χ0) is 24.2. The molecule has 0 aliphatic carbocycles. The molecule has 34 heavy (non-hydrogen) atoms. The molecule has 0 spiro atoms. The first-order chi connectivity index (χ1) is 16.1. The SMILES string of the molecule is CC1=C(C(=O)Nc2cc3cn[nH]c3cc2F)C(c2ccc(C(F)(F)F)c(F)c2)n2nnnc2N1. The predicted octanol–water partition coefficient (Wildman–Crippen LogP) is 3.77. The number of H-pyrrole nitrogens is 1. The van der Waals surface area contributed by atoms with Crippen molar-refractivity contribution in [3.05, 3.63) is 70.6 Å². The van der Waals surface area contributed by atoms with Crippen LogP contribution in [0, 0.1) is 11.6 Å². The van der Waals surface area contributed by atoms with Gasteiger partial charge >= 0.3 is 6.18 Å². The Morgan fingerprint density at radius 2 is 1.94 bits per heavy atom. The number of nitrogens with zero attached hydrogens (tertiary/aromatic N) is 5. The first-order valence-corrected chi connectivity index (χ1v) is 9.70. The van der Waals surface area contributed by atoms with Crippen LogP contribution in [0.4, 0.5) is 33.6 Å². The number of hydrogen-bond acceptors (Lipinski definition) is 6. The highest BCUT2D eigenvalue weighted by Crippen LogP contribution is 2.38. The Bertz CT molecular complexity index is 1470. The number of aromatic amines is 1. The molecule has 174 valence electrons. The van der Waals surface area contributed by atoms with Gasteiger partial charge in [0, 0.05) is 17.1 Å². The Kier molecular flexibility index (Phi) is 4.81. The van der Waals surface area contributed by atoms with Crippen molar-refractivity contribution in [3.8, 4) is 0 Å². The minimum atomic E-state index is -4.90. The number of tetrazole rings is 1. The topological polar surface area (TPSA) is 113 Å². The van der Waals surface area contributed by atoms with Gasteiger partial charge in [-0.15, -0.1) is 0 Å². The van der Waals surface area contributed by atoms with Crippen molar-refractivity contribution in [2.75, 3.05) is 10.6 Å². The van der Waals surface area contributed by atoms with E-state index in [4.69, 9.17) is 0 Å². The number of aromatic nitrogens is 6. The van der Waals surface area contributed by atoms with Gasteiger partial charge in [0.2, 0.25) is 5.95 Å². The quantitative estimate of drug-likeness (QED) is 0.388. The Labute approximate surface area is 186 Å². The maximum Gasteiger partial charge on any atom is 0.419 e. The molecule has 0 fully saturated rings. The second-order valence-corrected chi connectivity index (χ2v) is 7.49. The van der Waals surface area contributed by atoms with Gasteiger partial charge < -0.3 is 10.6 Å². The van der Waals surface area contributed by atoms with Crippen LogP contribution in [-0.2, 0) is 11.0 Å². The molecule has 9 nitrogen and oxygen atoms in total. The summed E-state index contributed by atoms with van der Waals surface area (Å²) >= 11 is 0. The fraction of sp³-hybridized carbons (Fsp3) is 0.150. The zero-order valence-corrected chi connectivity index (χ0v) is 17.1. The molecular formula is C20H13F5N8O. The van der Waals surface area contributed by atoms with Gasteiger partial charge in [-0.25, -0.2) is 8.78 Å². The first kappa shape index (κ1) is 21.5. The highest BCUT2D eigenvalue weighted by atomic mass is 19.4. The summed E-state index contributed by atoms with van der Waals surface area (Å²) in [6, 6.07) is 3.61. The van der Waals surface area contributed by atoms with Gasteiger partial charge in [0.15, 0.2) is 0 Å². The lowest BCUT2D eigenvalue weighted by Gasteiger charge is -2.28. The molecular weight excluding hydrogens is 463 g/mol. The highest BCUT2D eigenvalue weighted by molar-refractivity contribution is 6.06. The number of nitrogens with one attached hydrogen (secondary N) is 3. The van der Waals surface area contributed by atoms with Crippen molar-refractivity contribution in [1.29, 1.82) is 0 Å². The van der Waals surface area contributed by atoms with Crippen LogP contribution in [0.1, 0.15) is 24.1 Å². The number of halogens is 5. The number of alkyl halides is 3. The molecule has 0 radical (unpaired) electrons. The predicted molar refractivity (Wildman–Crippen MR) is 108 cm³/mol. The molecule has 3 N–H and O–H groups in total.